The first-order chi connectivity index (χ1) is 17.9. The lowest BCUT2D eigenvalue weighted by Gasteiger charge is -2.16. The van der Waals surface area contributed by atoms with Gasteiger partial charge in [0.1, 0.15) is 42.0 Å². The van der Waals surface area contributed by atoms with E-state index in [4.69, 9.17) is 15.2 Å². The Morgan fingerprint density at radius 2 is 1.86 bits per heavy atom. The van der Waals surface area contributed by atoms with Crippen LogP contribution >= 0.6 is 0 Å². The van der Waals surface area contributed by atoms with Crippen molar-refractivity contribution in [3.63, 3.8) is 0 Å². The van der Waals surface area contributed by atoms with Gasteiger partial charge in [0.25, 0.3) is 0 Å². The van der Waals surface area contributed by atoms with Crippen LogP contribution in [0.4, 0.5) is 16.2 Å². The second-order valence-corrected chi connectivity index (χ2v) is 8.34. The number of anilines is 2. The van der Waals surface area contributed by atoms with Gasteiger partial charge in [-0.3, -0.25) is 4.57 Å². The Bertz CT molecular complexity index is 1400. The number of fused-ring (bicyclic) bond motifs is 1. The molecule has 4 aromatic rings. The molecule has 4 unspecified atom stereocenters. The molecule has 5 rings (SSSR count). The third-order valence-electron chi connectivity index (χ3n) is 5.82. The van der Waals surface area contributed by atoms with Crippen LogP contribution < -0.4 is 15.9 Å². The fraction of sp³-hybridized carbons (Fsp3) is 0.250. The number of aliphatic hydroxyl groups excluding tert-OH is 3. The molecule has 1 saturated heterocycles. The molecule has 2 aromatic heterocycles. The summed E-state index contributed by atoms with van der Waals surface area (Å²) < 4.78 is 25.7. The van der Waals surface area contributed by atoms with E-state index in [-0.39, 0.29) is 28.7 Å². The Kier molecular flexibility index (Phi) is 6.92. The van der Waals surface area contributed by atoms with Crippen molar-refractivity contribution in [3.8, 4) is 5.75 Å². The van der Waals surface area contributed by atoms with E-state index in [0.29, 0.717) is 12.4 Å². The summed E-state index contributed by atoms with van der Waals surface area (Å²) in [6, 6.07) is 13.3. The average Bonchev–Trinajstić information content (AvgIpc) is 3.45. The minimum atomic E-state index is -1.30. The maximum absolute atomic E-state index is 13.0. The van der Waals surface area contributed by atoms with Gasteiger partial charge >= 0.3 is 0 Å². The van der Waals surface area contributed by atoms with Crippen LogP contribution in [0.1, 0.15) is 17.4 Å². The lowest BCUT2D eigenvalue weighted by molar-refractivity contribution is -0.0511. The van der Waals surface area contributed by atoms with Crippen molar-refractivity contribution in [2.75, 3.05) is 17.8 Å². The summed E-state index contributed by atoms with van der Waals surface area (Å²) in [7, 11) is 0. The summed E-state index contributed by atoms with van der Waals surface area (Å²) in [6.45, 7) is -0.142. The fourth-order valence-electron chi connectivity index (χ4n) is 3.85. The van der Waals surface area contributed by atoms with Gasteiger partial charge in [-0.15, -0.1) is 0 Å². The van der Waals surface area contributed by atoms with Crippen molar-refractivity contribution < 1.29 is 29.2 Å². The first kappa shape index (κ1) is 24.5. The lowest BCUT2D eigenvalue weighted by atomic mass is 10.1. The summed E-state index contributed by atoms with van der Waals surface area (Å²) in [6.07, 6.45) is -1.62. The number of nitrogens with one attached hydrogen (secondary N) is 1. The Morgan fingerprint density at radius 1 is 1.11 bits per heavy atom. The number of hydrazone groups is 1. The minimum absolute atomic E-state index is 0.0778. The molecular formula is C24H24FN7O5. The smallest absolute Gasteiger partial charge is 0.247 e. The highest BCUT2D eigenvalue weighted by atomic mass is 19.1. The Hall–Kier alpha value is -4.17. The molecule has 0 amide bonds. The molecule has 12 nitrogen and oxygen atoms in total. The zero-order valence-electron chi connectivity index (χ0n) is 19.3. The normalized spacial score (nSPS) is 21.6. The van der Waals surface area contributed by atoms with Crippen molar-refractivity contribution in [1.29, 1.82) is 0 Å². The molecule has 1 aliphatic heterocycles. The predicted octanol–water partition coefficient (Wildman–Crippen LogP) is 1.18. The van der Waals surface area contributed by atoms with E-state index >= 15 is 0 Å². The number of benzene rings is 2. The van der Waals surface area contributed by atoms with Crippen LogP contribution in [0.5, 0.6) is 5.75 Å². The number of halogens is 1. The third kappa shape index (κ3) is 5.20. The van der Waals surface area contributed by atoms with E-state index in [9.17, 15) is 19.7 Å². The molecule has 0 spiro atoms. The molecule has 4 atom stereocenters. The number of aliphatic hydroxyl groups is 3. The van der Waals surface area contributed by atoms with E-state index in [2.05, 4.69) is 25.5 Å². The highest BCUT2D eigenvalue weighted by Gasteiger charge is 2.44. The fourth-order valence-corrected chi connectivity index (χ4v) is 3.85. The van der Waals surface area contributed by atoms with Crippen LogP contribution in [0.25, 0.3) is 11.2 Å². The molecule has 0 radical (unpaired) electrons. The molecular weight excluding hydrogens is 485 g/mol. The average molecular weight is 509 g/mol. The van der Waals surface area contributed by atoms with Crippen molar-refractivity contribution in [3.05, 3.63) is 71.8 Å². The van der Waals surface area contributed by atoms with E-state index in [1.54, 1.807) is 42.6 Å². The first-order valence-electron chi connectivity index (χ1n) is 11.3. The van der Waals surface area contributed by atoms with Gasteiger partial charge in [-0.25, -0.2) is 14.8 Å². The van der Waals surface area contributed by atoms with Crippen molar-refractivity contribution in [2.45, 2.75) is 31.1 Å². The topological polar surface area (TPSA) is 173 Å². The molecule has 0 bridgehead atoms. The monoisotopic (exact) mass is 509 g/mol. The van der Waals surface area contributed by atoms with Crippen LogP contribution in [-0.2, 0) is 11.3 Å². The number of hydrogen-bond acceptors (Lipinski definition) is 11. The Balaban J connectivity index is 1.25. The van der Waals surface area contributed by atoms with E-state index in [1.165, 1.54) is 23.0 Å². The van der Waals surface area contributed by atoms with Gasteiger partial charge in [-0.05, 0) is 47.5 Å². The Labute approximate surface area is 209 Å². The highest BCUT2D eigenvalue weighted by Crippen LogP contribution is 2.32. The molecule has 0 aliphatic carbocycles. The number of ether oxygens (including phenoxy) is 2. The van der Waals surface area contributed by atoms with E-state index in [1.807, 2.05) is 0 Å². The maximum Gasteiger partial charge on any atom is 0.247 e. The zero-order chi connectivity index (χ0) is 25.9. The van der Waals surface area contributed by atoms with E-state index in [0.717, 1.165) is 11.1 Å². The number of nitrogen functional groups attached to an aromatic ring is 1. The van der Waals surface area contributed by atoms with Crippen molar-refractivity contribution in [1.82, 2.24) is 19.5 Å². The molecule has 37 heavy (non-hydrogen) atoms. The number of aromatic nitrogens is 4. The molecule has 13 heteroatoms. The standard InChI is InChI=1S/C24H24FN7O5/c25-15-5-1-14(2-6-15)11-36-16-7-3-13(4-8-16)9-28-31-24-29-21(26)18-22(30-24)32(12-27-18)23-20(35)19(34)17(10-33)37-23/h1-9,12,17,19-20,23,33-35H,10-11H2,(H3,26,29,30,31)/b28-9+. The van der Waals surface area contributed by atoms with Gasteiger partial charge in [0.05, 0.1) is 19.1 Å². The SMILES string of the molecule is Nc1nc(N/N=C/c2ccc(OCc3ccc(F)cc3)cc2)nc2c1ncn2C1OC(CO)C(O)C1O. The van der Waals surface area contributed by atoms with Crippen LogP contribution in [0.2, 0.25) is 0 Å². The molecule has 6 N–H and O–H groups in total. The zero-order valence-corrected chi connectivity index (χ0v) is 19.3. The second kappa shape index (κ2) is 10.4. The molecule has 2 aromatic carbocycles. The van der Waals surface area contributed by atoms with Gasteiger partial charge in [-0.2, -0.15) is 15.1 Å². The summed E-state index contributed by atoms with van der Waals surface area (Å²) in [4.78, 5) is 12.7. The van der Waals surface area contributed by atoms with Crippen LogP contribution in [-0.4, -0.2) is 66.0 Å². The highest BCUT2D eigenvalue weighted by molar-refractivity contribution is 5.83. The van der Waals surface area contributed by atoms with Gasteiger partial charge in [0, 0.05) is 0 Å². The summed E-state index contributed by atoms with van der Waals surface area (Å²) in [5, 5.41) is 33.9. The summed E-state index contributed by atoms with van der Waals surface area (Å²) in [5.74, 6) is 0.510. The molecule has 3 heterocycles. The van der Waals surface area contributed by atoms with Gasteiger partial charge in [0.2, 0.25) is 5.95 Å². The molecule has 1 aliphatic rings. The first-order valence-corrected chi connectivity index (χ1v) is 11.3. The number of rotatable bonds is 8. The van der Waals surface area contributed by atoms with Crippen molar-refractivity contribution >= 4 is 29.1 Å². The number of nitrogens with two attached hydrogens (primary N) is 1. The predicted molar refractivity (Wildman–Crippen MR) is 131 cm³/mol. The Morgan fingerprint density at radius 3 is 2.57 bits per heavy atom. The van der Waals surface area contributed by atoms with Crippen LogP contribution in [0.3, 0.4) is 0 Å². The maximum atomic E-state index is 13.0. The van der Waals surface area contributed by atoms with Gasteiger partial charge in [-0.1, -0.05) is 12.1 Å². The summed E-state index contributed by atoms with van der Waals surface area (Å²) >= 11 is 0. The largest absolute Gasteiger partial charge is 0.489 e. The third-order valence-corrected chi connectivity index (χ3v) is 5.82. The van der Waals surface area contributed by atoms with Crippen LogP contribution in [0, 0.1) is 5.82 Å². The summed E-state index contributed by atoms with van der Waals surface area (Å²) in [5.41, 5.74) is 10.9. The number of imidazole rings is 1. The van der Waals surface area contributed by atoms with Crippen LogP contribution in [0.15, 0.2) is 60.0 Å². The quantitative estimate of drug-likeness (QED) is 0.171. The molecule has 1 fully saturated rings. The minimum Gasteiger partial charge on any atom is -0.489 e. The number of nitrogens with zero attached hydrogens (tertiary/aromatic N) is 5. The van der Waals surface area contributed by atoms with Gasteiger partial charge < -0.3 is 30.5 Å². The number of hydrogen-bond donors (Lipinski definition) is 5. The molecule has 0 saturated carbocycles. The molecule has 192 valence electrons. The second-order valence-electron chi connectivity index (χ2n) is 8.34. The van der Waals surface area contributed by atoms with Crippen molar-refractivity contribution in [2.24, 2.45) is 5.10 Å². The van der Waals surface area contributed by atoms with E-state index < -0.39 is 31.1 Å². The lowest BCUT2D eigenvalue weighted by Crippen LogP contribution is -2.33. The van der Waals surface area contributed by atoms with Gasteiger partial charge in [0.15, 0.2) is 17.7 Å².